The molecule has 0 aliphatic carbocycles. The first-order valence-corrected chi connectivity index (χ1v) is 7.36. The zero-order chi connectivity index (χ0) is 16.7. The maximum absolute atomic E-state index is 14.4. The molecule has 0 radical (unpaired) electrons. The monoisotopic (exact) mass is 318 g/mol. The molecule has 4 nitrogen and oxygen atoms in total. The highest BCUT2D eigenvalue weighted by molar-refractivity contribution is 6.01. The summed E-state index contributed by atoms with van der Waals surface area (Å²) in [4.78, 5) is 14.8. The van der Waals surface area contributed by atoms with Gasteiger partial charge in [0.25, 0.3) is 5.69 Å². The molecular formula is C19H11FN2O2. The van der Waals surface area contributed by atoms with E-state index in [1.165, 1.54) is 12.1 Å². The van der Waals surface area contributed by atoms with Gasteiger partial charge < -0.3 is 0 Å². The summed E-state index contributed by atoms with van der Waals surface area (Å²) >= 11 is 0. The third kappa shape index (κ3) is 2.27. The minimum absolute atomic E-state index is 0.264. The molecule has 5 heteroatoms. The Kier molecular flexibility index (Phi) is 3.20. The third-order valence-electron chi connectivity index (χ3n) is 4.01. The van der Waals surface area contributed by atoms with Gasteiger partial charge in [-0.15, -0.1) is 0 Å². The number of rotatable bonds is 2. The number of nitrogens with zero attached hydrogens (tertiary/aromatic N) is 2. The average molecular weight is 318 g/mol. The predicted molar refractivity (Wildman–Crippen MR) is 91.3 cm³/mol. The Morgan fingerprint density at radius 2 is 1.67 bits per heavy atom. The summed E-state index contributed by atoms with van der Waals surface area (Å²) < 4.78 is 14.4. The quantitative estimate of drug-likeness (QED) is 0.293. The molecule has 0 unspecified atom stereocenters. The van der Waals surface area contributed by atoms with Crippen molar-refractivity contribution in [2.45, 2.75) is 0 Å². The second-order valence-electron chi connectivity index (χ2n) is 5.47. The van der Waals surface area contributed by atoms with Gasteiger partial charge in [0.05, 0.1) is 22.0 Å². The number of para-hydroxylation sites is 1. The van der Waals surface area contributed by atoms with Crippen LogP contribution in [0.4, 0.5) is 10.1 Å². The van der Waals surface area contributed by atoms with E-state index in [0.717, 1.165) is 27.9 Å². The number of halogens is 1. The molecule has 4 aromatic rings. The van der Waals surface area contributed by atoms with E-state index in [2.05, 4.69) is 4.98 Å². The molecule has 1 aromatic heterocycles. The first kappa shape index (κ1) is 14.3. The van der Waals surface area contributed by atoms with Crippen molar-refractivity contribution < 1.29 is 9.31 Å². The van der Waals surface area contributed by atoms with Crippen LogP contribution in [0.3, 0.4) is 0 Å². The van der Waals surface area contributed by atoms with Gasteiger partial charge in [-0.05, 0) is 29.8 Å². The van der Waals surface area contributed by atoms with E-state index < -0.39 is 10.7 Å². The largest absolute Gasteiger partial charge is 0.272 e. The number of aromatic nitrogens is 1. The summed E-state index contributed by atoms with van der Waals surface area (Å²) in [6.07, 6.45) is 0. The Labute approximate surface area is 136 Å². The molecule has 0 aliphatic rings. The number of non-ortho nitro benzene ring substituents is 1. The van der Waals surface area contributed by atoms with E-state index in [4.69, 9.17) is 0 Å². The van der Waals surface area contributed by atoms with Crippen molar-refractivity contribution in [1.29, 1.82) is 0 Å². The third-order valence-corrected chi connectivity index (χ3v) is 4.01. The second-order valence-corrected chi connectivity index (χ2v) is 5.47. The fourth-order valence-corrected chi connectivity index (χ4v) is 2.87. The van der Waals surface area contributed by atoms with Crippen LogP contribution in [0.5, 0.6) is 0 Å². The molecule has 0 fully saturated rings. The normalized spacial score (nSPS) is 11.0. The molecule has 0 bridgehead atoms. The lowest BCUT2D eigenvalue weighted by Crippen LogP contribution is -1.92. The van der Waals surface area contributed by atoms with E-state index >= 15 is 0 Å². The molecule has 0 saturated carbocycles. The second kappa shape index (κ2) is 5.38. The first-order chi connectivity index (χ1) is 11.6. The summed E-state index contributed by atoms with van der Waals surface area (Å²) in [5, 5.41) is 12.6. The molecule has 0 N–H and O–H groups in total. The highest BCUT2D eigenvalue weighted by atomic mass is 19.1. The number of pyridine rings is 1. The van der Waals surface area contributed by atoms with Gasteiger partial charge in [0.15, 0.2) is 0 Å². The Balaban J connectivity index is 2.00. The lowest BCUT2D eigenvalue weighted by molar-refractivity contribution is -0.385. The maximum Gasteiger partial charge on any atom is 0.272 e. The fraction of sp³-hybridized carbons (Fsp3) is 0. The van der Waals surface area contributed by atoms with Crippen LogP contribution in [0.1, 0.15) is 0 Å². The van der Waals surface area contributed by atoms with Crippen molar-refractivity contribution in [1.82, 2.24) is 4.98 Å². The molecule has 4 rings (SSSR count). The van der Waals surface area contributed by atoms with Crippen LogP contribution >= 0.6 is 0 Å². The van der Waals surface area contributed by atoms with Gasteiger partial charge in [0.1, 0.15) is 5.82 Å². The number of hydrogen-bond donors (Lipinski definition) is 0. The van der Waals surface area contributed by atoms with Crippen LogP contribution in [-0.4, -0.2) is 9.91 Å². The van der Waals surface area contributed by atoms with Crippen LogP contribution in [0.25, 0.3) is 32.9 Å². The molecular weight excluding hydrogens is 307 g/mol. The summed E-state index contributed by atoms with van der Waals surface area (Å²) in [6.45, 7) is 0. The van der Waals surface area contributed by atoms with Crippen LogP contribution in [0.15, 0.2) is 66.7 Å². The molecule has 1 heterocycles. The van der Waals surface area contributed by atoms with Gasteiger partial charge in [0.2, 0.25) is 0 Å². The maximum atomic E-state index is 14.4. The summed E-state index contributed by atoms with van der Waals surface area (Å²) in [6, 6.07) is 18.8. The molecule has 0 aliphatic heterocycles. The van der Waals surface area contributed by atoms with E-state index in [-0.39, 0.29) is 5.69 Å². The molecule has 0 spiro atoms. The molecule has 0 atom stereocenters. The first-order valence-electron chi connectivity index (χ1n) is 7.36. The molecule has 116 valence electrons. The van der Waals surface area contributed by atoms with Crippen molar-refractivity contribution in [3.8, 4) is 11.1 Å². The number of fused-ring (bicyclic) bond motifs is 2. The summed E-state index contributed by atoms with van der Waals surface area (Å²) in [5.41, 5.74) is 2.34. The van der Waals surface area contributed by atoms with E-state index in [1.807, 2.05) is 36.4 Å². The van der Waals surface area contributed by atoms with E-state index in [0.29, 0.717) is 11.1 Å². The van der Waals surface area contributed by atoms with Crippen molar-refractivity contribution in [2.24, 2.45) is 0 Å². The Bertz CT molecular complexity index is 1110. The van der Waals surface area contributed by atoms with Gasteiger partial charge in [-0.3, -0.25) is 10.1 Å². The fourth-order valence-electron chi connectivity index (χ4n) is 2.87. The highest BCUT2D eigenvalue weighted by Crippen LogP contribution is 2.33. The number of nitro groups is 1. The zero-order valence-corrected chi connectivity index (χ0v) is 12.4. The molecule has 24 heavy (non-hydrogen) atoms. The van der Waals surface area contributed by atoms with Crippen LogP contribution in [0.2, 0.25) is 0 Å². The number of hydrogen-bond acceptors (Lipinski definition) is 3. The number of benzene rings is 3. The van der Waals surface area contributed by atoms with Crippen LogP contribution in [0, 0.1) is 15.9 Å². The zero-order valence-electron chi connectivity index (χ0n) is 12.4. The smallest absolute Gasteiger partial charge is 0.258 e. The van der Waals surface area contributed by atoms with Gasteiger partial charge in [0, 0.05) is 22.4 Å². The van der Waals surface area contributed by atoms with Crippen LogP contribution in [-0.2, 0) is 0 Å². The molecule has 0 amide bonds. The lowest BCUT2D eigenvalue weighted by atomic mass is 9.98. The lowest BCUT2D eigenvalue weighted by Gasteiger charge is -2.09. The summed E-state index contributed by atoms with van der Waals surface area (Å²) in [5.74, 6) is -0.621. The molecule has 0 saturated heterocycles. The topological polar surface area (TPSA) is 56.0 Å². The minimum Gasteiger partial charge on any atom is -0.258 e. The average Bonchev–Trinajstić information content (AvgIpc) is 2.59. The van der Waals surface area contributed by atoms with E-state index in [1.54, 1.807) is 12.1 Å². The Morgan fingerprint density at radius 1 is 0.875 bits per heavy atom. The minimum atomic E-state index is -0.621. The van der Waals surface area contributed by atoms with Crippen molar-refractivity contribution in [3.63, 3.8) is 0 Å². The SMILES string of the molecule is O=[N+]([O-])c1ccc(-c2cccc3nc4ccccc4cc23)c(F)c1. The number of nitro benzene ring substituents is 1. The van der Waals surface area contributed by atoms with Gasteiger partial charge in [-0.25, -0.2) is 9.37 Å². The Morgan fingerprint density at radius 3 is 2.46 bits per heavy atom. The molecule has 3 aromatic carbocycles. The Hall–Kier alpha value is -3.34. The van der Waals surface area contributed by atoms with E-state index in [9.17, 15) is 14.5 Å². The van der Waals surface area contributed by atoms with Crippen LogP contribution < -0.4 is 0 Å². The van der Waals surface area contributed by atoms with Crippen molar-refractivity contribution in [2.75, 3.05) is 0 Å². The summed E-state index contributed by atoms with van der Waals surface area (Å²) in [7, 11) is 0. The van der Waals surface area contributed by atoms with Crippen molar-refractivity contribution >= 4 is 27.5 Å². The van der Waals surface area contributed by atoms with Gasteiger partial charge in [-0.1, -0.05) is 30.3 Å². The standard InChI is InChI=1S/C19H11FN2O2/c20-17-11-13(22(23)24)8-9-15(17)14-5-3-7-19-16(14)10-12-4-1-2-6-18(12)21-19/h1-11H. The van der Waals surface area contributed by atoms with Gasteiger partial charge in [-0.2, -0.15) is 0 Å². The van der Waals surface area contributed by atoms with Gasteiger partial charge >= 0.3 is 0 Å². The van der Waals surface area contributed by atoms with Crippen molar-refractivity contribution in [3.05, 3.63) is 82.7 Å². The predicted octanol–water partition coefficient (Wildman–Crippen LogP) is 5.10. The highest BCUT2D eigenvalue weighted by Gasteiger charge is 2.14.